The van der Waals surface area contributed by atoms with Crippen molar-refractivity contribution in [3.8, 4) is 5.75 Å². The van der Waals surface area contributed by atoms with Gasteiger partial charge in [-0.15, -0.1) is 0 Å². The topological polar surface area (TPSA) is 67.4 Å². The molecular formula is C17H17FN2O3. The second-order valence-corrected chi connectivity index (χ2v) is 4.97. The molecule has 0 saturated heterocycles. The molecule has 0 bridgehead atoms. The van der Waals surface area contributed by atoms with Gasteiger partial charge < -0.3 is 15.4 Å². The number of rotatable bonds is 5. The Morgan fingerprint density at radius 2 is 1.74 bits per heavy atom. The Bertz CT molecular complexity index is 701. The number of nitrogens with one attached hydrogen (secondary N) is 2. The Kier molecular flexibility index (Phi) is 5.30. The van der Waals surface area contributed by atoms with Crippen LogP contribution in [-0.2, 0) is 9.59 Å². The van der Waals surface area contributed by atoms with Crippen molar-refractivity contribution < 1.29 is 18.7 Å². The third kappa shape index (κ3) is 5.10. The number of carbonyl (C=O) groups excluding carboxylic acids is 2. The van der Waals surface area contributed by atoms with Crippen LogP contribution in [-0.4, -0.2) is 17.9 Å². The highest BCUT2D eigenvalue weighted by molar-refractivity contribution is 5.94. The maximum Gasteiger partial charge on any atom is 0.265 e. The molecule has 1 atom stereocenters. The highest BCUT2D eigenvalue weighted by atomic mass is 19.1. The Morgan fingerprint density at radius 3 is 2.39 bits per heavy atom. The largest absolute Gasteiger partial charge is 0.481 e. The van der Waals surface area contributed by atoms with Crippen molar-refractivity contribution in [2.24, 2.45) is 0 Å². The number of ether oxygens (including phenoxy) is 1. The lowest BCUT2D eigenvalue weighted by molar-refractivity contribution is -0.122. The van der Waals surface area contributed by atoms with Crippen molar-refractivity contribution in [2.45, 2.75) is 20.0 Å². The second-order valence-electron chi connectivity index (χ2n) is 4.97. The van der Waals surface area contributed by atoms with Gasteiger partial charge in [-0.05, 0) is 43.3 Å². The monoisotopic (exact) mass is 316 g/mol. The van der Waals surface area contributed by atoms with Gasteiger partial charge in [0.1, 0.15) is 11.6 Å². The summed E-state index contributed by atoms with van der Waals surface area (Å²) in [7, 11) is 0. The smallest absolute Gasteiger partial charge is 0.265 e. The molecular weight excluding hydrogens is 299 g/mol. The van der Waals surface area contributed by atoms with Crippen molar-refractivity contribution in [3.63, 3.8) is 0 Å². The van der Waals surface area contributed by atoms with Crippen LogP contribution in [0.25, 0.3) is 0 Å². The number of carbonyl (C=O) groups is 2. The normalized spacial score (nSPS) is 11.4. The molecule has 0 heterocycles. The van der Waals surface area contributed by atoms with E-state index < -0.39 is 6.10 Å². The molecule has 6 heteroatoms. The lowest BCUT2D eigenvalue weighted by Crippen LogP contribution is -2.30. The molecule has 23 heavy (non-hydrogen) atoms. The quantitative estimate of drug-likeness (QED) is 0.890. The number of hydrogen-bond acceptors (Lipinski definition) is 3. The van der Waals surface area contributed by atoms with E-state index in [1.807, 2.05) is 0 Å². The minimum Gasteiger partial charge on any atom is -0.481 e. The number of halogens is 1. The van der Waals surface area contributed by atoms with Crippen LogP contribution < -0.4 is 15.4 Å². The van der Waals surface area contributed by atoms with Gasteiger partial charge in [0.25, 0.3) is 5.91 Å². The predicted octanol–water partition coefficient (Wildman–Crippen LogP) is 3.19. The third-order valence-electron chi connectivity index (χ3n) is 2.95. The Labute approximate surface area is 133 Å². The van der Waals surface area contributed by atoms with Crippen LogP contribution in [0.4, 0.5) is 15.8 Å². The second kappa shape index (κ2) is 7.40. The third-order valence-corrected chi connectivity index (χ3v) is 2.95. The summed E-state index contributed by atoms with van der Waals surface area (Å²) in [5, 5.41) is 5.27. The Balaban J connectivity index is 1.97. The van der Waals surface area contributed by atoms with Crippen molar-refractivity contribution in [1.82, 2.24) is 0 Å². The summed E-state index contributed by atoms with van der Waals surface area (Å²) in [5.74, 6) is -0.467. The Hall–Kier alpha value is -2.89. The molecule has 0 aliphatic heterocycles. The van der Waals surface area contributed by atoms with Crippen LogP contribution in [0, 0.1) is 5.82 Å². The van der Waals surface area contributed by atoms with Gasteiger partial charge >= 0.3 is 0 Å². The van der Waals surface area contributed by atoms with E-state index in [0.29, 0.717) is 17.1 Å². The van der Waals surface area contributed by atoms with Crippen molar-refractivity contribution >= 4 is 23.2 Å². The van der Waals surface area contributed by atoms with Crippen LogP contribution in [0.5, 0.6) is 5.75 Å². The fourth-order valence-corrected chi connectivity index (χ4v) is 1.89. The SMILES string of the molecule is CC(=O)Nc1cccc(O[C@H](C)C(=O)Nc2ccc(F)cc2)c1. The summed E-state index contributed by atoms with van der Waals surface area (Å²) < 4.78 is 18.4. The number of anilines is 2. The van der Waals surface area contributed by atoms with E-state index in [-0.39, 0.29) is 17.6 Å². The van der Waals surface area contributed by atoms with Crippen LogP contribution in [0.15, 0.2) is 48.5 Å². The molecule has 0 spiro atoms. The van der Waals surface area contributed by atoms with E-state index in [4.69, 9.17) is 4.74 Å². The first kappa shape index (κ1) is 16.5. The predicted molar refractivity (Wildman–Crippen MR) is 85.9 cm³/mol. The maximum absolute atomic E-state index is 12.8. The summed E-state index contributed by atoms with van der Waals surface area (Å²) >= 11 is 0. The van der Waals surface area contributed by atoms with E-state index in [1.165, 1.54) is 31.2 Å². The van der Waals surface area contributed by atoms with Crippen molar-refractivity contribution in [2.75, 3.05) is 10.6 Å². The number of hydrogen-bond donors (Lipinski definition) is 2. The summed E-state index contributed by atoms with van der Waals surface area (Å²) in [6.07, 6.45) is -0.757. The molecule has 2 amide bonds. The van der Waals surface area contributed by atoms with Crippen molar-refractivity contribution in [1.29, 1.82) is 0 Å². The summed E-state index contributed by atoms with van der Waals surface area (Å²) in [6, 6.07) is 12.2. The first-order chi connectivity index (χ1) is 10.9. The molecule has 0 aromatic heterocycles. The van der Waals surface area contributed by atoms with Gasteiger partial charge in [-0.1, -0.05) is 6.07 Å². The molecule has 0 fully saturated rings. The van der Waals surface area contributed by atoms with E-state index in [9.17, 15) is 14.0 Å². The number of amides is 2. The van der Waals surface area contributed by atoms with Gasteiger partial charge in [0.15, 0.2) is 6.10 Å². The average Bonchev–Trinajstić information content (AvgIpc) is 2.49. The van der Waals surface area contributed by atoms with Gasteiger partial charge in [-0.25, -0.2) is 4.39 Å². The fourth-order valence-electron chi connectivity index (χ4n) is 1.89. The van der Waals surface area contributed by atoms with Gasteiger partial charge in [0.2, 0.25) is 5.91 Å². The molecule has 2 N–H and O–H groups in total. The molecule has 0 radical (unpaired) electrons. The van der Waals surface area contributed by atoms with Crippen LogP contribution in [0.1, 0.15) is 13.8 Å². The van der Waals surface area contributed by atoms with Gasteiger partial charge in [-0.3, -0.25) is 9.59 Å². The van der Waals surface area contributed by atoms with E-state index in [1.54, 1.807) is 31.2 Å². The van der Waals surface area contributed by atoms with Crippen LogP contribution in [0.3, 0.4) is 0 Å². The minimum absolute atomic E-state index is 0.191. The zero-order chi connectivity index (χ0) is 16.8. The molecule has 0 aliphatic carbocycles. The van der Waals surface area contributed by atoms with E-state index in [2.05, 4.69) is 10.6 Å². The zero-order valence-electron chi connectivity index (χ0n) is 12.8. The van der Waals surface area contributed by atoms with E-state index >= 15 is 0 Å². The van der Waals surface area contributed by atoms with Crippen LogP contribution >= 0.6 is 0 Å². The average molecular weight is 316 g/mol. The lowest BCUT2D eigenvalue weighted by atomic mass is 10.2. The van der Waals surface area contributed by atoms with Gasteiger partial charge in [0, 0.05) is 24.4 Å². The maximum atomic E-state index is 12.8. The summed E-state index contributed by atoms with van der Waals surface area (Å²) in [5.41, 5.74) is 1.07. The van der Waals surface area contributed by atoms with Crippen LogP contribution in [0.2, 0.25) is 0 Å². The zero-order valence-corrected chi connectivity index (χ0v) is 12.8. The molecule has 0 unspecified atom stereocenters. The number of benzene rings is 2. The fraction of sp³-hybridized carbons (Fsp3) is 0.176. The molecule has 120 valence electrons. The standard InChI is InChI=1S/C17H17FN2O3/c1-11(17(22)20-14-8-6-13(18)7-9-14)23-16-5-3-4-15(10-16)19-12(2)21/h3-11H,1-2H3,(H,19,21)(H,20,22)/t11-/m1/s1. The molecule has 5 nitrogen and oxygen atoms in total. The van der Waals surface area contributed by atoms with E-state index in [0.717, 1.165) is 0 Å². The molecule has 2 aromatic rings. The molecule has 0 aliphatic rings. The summed E-state index contributed by atoms with van der Waals surface area (Å²) in [4.78, 5) is 23.1. The highest BCUT2D eigenvalue weighted by Gasteiger charge is 2.15. The molecule has 2 aromatic carbocycles. The van der Waals surface area contributed by atoms with Gasteiger partial charge in [0.05, 0.1) is 0 Å². The summed E-state index contributed by atoms with van der Waals surface area (Å²) in [6.45, 7) is 3.01. The molecule has 2 rings (SSSR count). The van der Waals surface area contributed by atoms with Crippen molar-refractivity contribution in [3.05, 3.63) is 54.3 Å². The Morgan fingerprint density at radius 1 is 1.04 bits per heavy atom. The molecule has 0 saturated carbocycles. The minimum atomic E-state index is -0.757. The highest BCUT2D eigenvalue weighted by Crippen LogP contribution is 2.19. The first-order valence-corrected chi connectivity index (χ1v) is 7.05. The van der Waals surface area contributed by atoms with Gasteiger partial charge in [-0.2, -0.15) is 0 Å². The lowest BCUT2D eigenvalue weighted by Gasteiger charge is -2.15. The first-order valence-electron chi connectivity index (χ1n) is 7.05.